The van der Waals surface area contributed by atoms with Gasteiger partial charge in [0.25, 0.3) is 11.8 Å². The molecule has 3 amide bonds. The van der Waals surface area contributed by atoms with Gasteiger partial charge in [-0.1, -0.05) is 30.3 Å². The van der Waals surface area contributed by atoms with E-state index in [-0.39, 0.29) is 23.8 Å². The first-order valence-corrected chi connectivity index (χ1v) is 11.1. The second-order valence-electron chi connectivity index (χ2n) is 8.08. The summed E-state index contributed by atoms with van der Waals surface area (Å²) in [5, 5.41) is 3.12. The van der Waals surface area contributed by atoms with E-state index in [0.717, 1.165) is 0 Å². The first-order chi connectivity index (χ1) is 15.7. The maximum Gasteiger partial charge on any atom is 0.271 e. The molecule has 1 heterocycles. The van der Waals surface area contributed by atoms with Crippen molar-refractivity contribution >= 4 is 29.3 Å². The molecule has 0 saturated carbocycles. The van der Waals surface area contributed by atoms with Crippen molar-refractivity contribution in [2.75, 3.05) is 26.7 Å². The van der Waals surface area contributed by atoms with Gasteiger partial charge in [0, 0.05) is 48.9 Å². The van der Waals surface area contributed by atoms with Crippen molar-refractivity contribution in [3.63, 3.8) is 0 Å². The molecule has 1 N–H and O–H groups in total. The second kappa shape index (κ2) is 10.1. The average molecular weight is 470 g/mol. The number of rotatable bonds is 6. The normalized spacial score (nSPS) is 17.6. The highest BCUT2D eigenvalue weighted by molar-refractivity contribution is 6.30. The van der Waals surface area contributed by atoms with E-state index in [1.54, 1.807) is 72.3 Å². The summed E-state index contributed by atoms with van der Waals surface area (Å²) in [6, 6.07) is 13.4. The molecule has 1 fully saturated rings. The lowest BCUT2D eigenvalue weighted by Gasteiger charge is -2.43. The number of benzene rings is 2. The number of carbonyl (C=O) groups is 3. The summed E-state index contributed by atoms with van der Waals surface area (Å²) < 4.78 is 6.28. The fourth-order valence-electron chi connectivity index (χ4n) is 3.94. The number of hydrogen-bond donors (Lipinski definition) is 1. The molecule has 1 saturated heterocycles. The Kier molecular flexibility index (Phi) is 7.43. The van der Waals surface area contributed by atoms with Gasteiger partial charge in [0.15, 0.2) is 0 Å². The molecule has 174 valence electrons. The van der Waals surface area contributed by atoms with E-state index in [1.165, 1.54) is 6.08 Å². The third kappa shape index (κ3) is 5.20. The van der Waals surface area contributed by atoms with Gasteiger partial charge in [0.05, 0.1) is 0 Å². The predicted molar refractivity (Wildman–Crippen MR) is 127 cm³/mol. The van der Waals surface area contributed by atoms with Crippen LogP contribution in [0.15, 0.2) is 61.2 Å². The van der Waals surface area contributed by atoms with Gasteiger partial charge in [0.2, 0.25) is 11.5 Å². The van der Waals surface area contributed by atoms with E-state index in [2.05, 4.69) is 11.9 Å². The van der Waals surface area contributed by atoms with Gasteiger partial charge >= 0.3 is 0 Å². The van der Waals surface area contributed by atoms with Crippen LogP contribution in [0.3, 0.4) is 0 Å². The molecule has 2 aromatic carbocycles. The van der Waals surface area contributed by atoms with E-state index >= 15 is 0 Å². The SMILES string of the molecule is C=CC(=O)N1CCN(C(=O)C(C)(Oc2ccc(C(=O)NC)cc2)c2ccc(Cl)cc2)C[C@H]1C. The van der Waals surface area contributed by atoms with Crippen LogP contribution < -0.4 is 10.1 Å². The third-order valence-corrected chi connectivity index (χ3v) is 6.09. The molecular formula is C25H28ClN3O4. The van der Waals surface area contributed by atoms with E-state index in [1.807, 2.05) is 6.92 Å². The minimum Gasteiger partial charge on any atom is -0.473 e. The van der Waals surface area contributed by atoms with Crippen LogP contribution in [0.1, 0.15) is 29.8 Å². The molecule has 3 rings (SSSR count). The minimum absolute atomic E-state index is 0.150. The fraction of sp³-hybridized carbons (Fsp3) is 0.320. The van der Waals surface area contributed by atoms with Crippen molar-refractivity contribution in [3.05, 3.63) is 77.3 Å². The molecule has 0 aromatic heterocycles. The number of ether oxygens (including phenoxy) is 1. The molecule has 8 heteroatoms. The zero-order valence-electron chi connectivity index (χ0n) is 19.0. The highest BCUT2D eigenvalue weighted by Crippen LogP contribution is 2.32. The van der Waals surface area contributed by atoms with Crippen molar-refractivity contribution < 1.29 is 19.1 Å². The van der Waals surface area contributed by atoms with Crippen LogP contribution in [0.4, 0.5) is 0 Å². The summed E-state index contributed by atoms with van der Waals surface area (Å²) in [7, 11) is 1.56. The molecular weight excluding hydrogens is 442 g/mol. The molecule has 1 aliphatic rings. The summed E-state index contributed by atoms with van der Waals surface area (Å²) in [5.41, 5.74) is -0.213. The van der Waals surface area contributed by atoms with Gasteiger partial charge in [-0.05, 0) is 56.3 Å². The third-order valence-electron chi connectivity index (χ3n) is 5.84. The Balaban J connectivity index is 1.90. The number of nitrogens with one attached hydrogen (secondary N) is 1. The molecule has 0 spiro atoms. The second-order valence-corrected chi connectivity index (χ2v) is 8.52. The topological polar surface area (TPSA) is 79.0 Å². The first kappa shape index (κ1) is 24.3. The van der Waals surface area contributed by atoms with Crippen molar-refractivity contribution in [2.24, 2.45) is 0 Å². The number of amides is 3. The van der Waals surface area contributed by atoms with Crippen LogP contribution in [-0.2, 0) is 15.2 Å². The van der Waals surface area contributed by atoms with Gasteiger partial charge in [-0.3, -0.25) is 14.4 Å². The highest BCUT2D eigenvalue weighted by Gasteiger charge is 2.43. The molecule has 1 aliphatic heterocycles. The van der Waals surface area contributed by atoms with Crippen LogP contribution >= 0.6 is 11.6 Å². The molecule has 0 bridgehead atoms. The fourth-order valence-corrected chi connectivity index (χ4v) is 4.06. The molecule has 0 aliphatic carbocycles. The quantitative estimate of drug-likeness (QED) is 0.659. The number of hydrogen-bond acceptors (Lipinski definition) is 4. The zero-order chi connectivity index (χ0) is 24.2. The summed E-state index contributed by atoms with van der Waals surface area (Å²) >= 11 is 6.07. The molecule has 2 aromatic rings. The Bertz CT molecular complexity index is 1040. The van der Waals surface area contributed by atoms with Gasteiger partial charge in [-0.2, -0.15) is 0 Å². The van der Waals surface area contributed by atoms with E-state index < -0.39 is 5.60 Å². The van der Waals surface area contributed by atoms with Crippen LogP contribution in [0.5, 0.6) is 5.75 Å². The van der Waals surface area contributed by atoms with Crippen LogP contribution in [-0.4, -0.2) is 60.2 Å². The lowest BCUT2D eigenvalue weighted by Crippen LogP contribution is -2.59. The molecule has 1 unspecified atom stereocenters. The minimum atomic E-state index is -1.34. The summed E-state index contributed by atoms with van der Waals surface area (Å²) in [6.07, 6.45) is 1.29. The number of halogens is 1. The van der Waals surface area contributed by atoms with Gasteiger partial charge in [-0.25, -0.2) is 0 Å². The first-order valence-electron chi connectivity index (χ1n) is 10.7. The van der Waals surface area contributed by atoms with Crippen molar-refractivity contribution in [3.8, 4) is 5.75 Å². The van der Waals surface area contributed by atoms with Gasteiger partial charge in [-0.15, -0.1) is 0 Å². The summed E-state index contributed by atoms with van der Waals surface area (Å²) in [5.74, 6) is -0.138. The number of nitrogens with zero attached hydrogens (tertiary/aromatic N) is 2. The standard InChI is InChI=1S/C25H28ClN3O4/c1-5-22(30)29-15-14-28(16-17(29)2)24(32)25(3,19-8-10-20(26)11-9-19)33-21-12-6-18(7-13-21)23(31)27-4/h5-13,17H,1,14-16H2,2-4H3,(H,27,31)/t17-,25?/m1/s1. The van der Waals surface area contributed by atoms with E-state index in [4.69, 9.17) is 16.3 Å². The Hall–Kier alpha value is -3.32. The maximum absolute atomic E-state index is 13.8. The summed E-state index contributed by atoms with van der Waals surface area (Å²) in [6.45, 7) is 8.34. The largest absolute Gasteiger partial charge is 0.473 e. The Morgan fingerprint density at radius 1 is 1.12 bits per heavy atom. The van der Waals surface area contributed by atoms with Crippen molar-refractivity contribution in [2.45, 2.75) is 25.5 Å². The van der Waals surface area contributed by atoms with E-state index in [9.17, 15) is 14.4 Å². The molecule has 33 heavy (non-hydrogen) atoms. The number of piperazine rings is 1. The Morgan fingerprint density at radius 2 is 1.76 bits per heavy atom. The highest BCUT2D eigenvalue weighted by atomic mass is 35.5. The molecule has 7 nitrogen and oxygen atoms in total. The Morgan fingerprint density at radius 3 is 2.30 bits per heavy atom. The van der Waals surface area contributed by atoms with Crippen molar-refractivity contribution in [1.82, 2.24) is 15.1 Å². The van der Waals surface area contributed by atoms with Crippen LogP contribution in [0.2, 0.25) is 5.02 Å². The molecule has 2 atom stereocenters. The molecule has 0 radical (unpaired) electrons. The Labute approximate surface area is 199 Å². The average Bonchev–Trinajstić information content (AvgIpc) is 2.83. The maximum atomic E-state index is 13.8. The van der Waals surface area contributed by atoms with Gasteiger partial charge in [0.1, 0.15) is 5.75 Å². The smallest absolute Gasteiger partial charge is 0.271 e. The van der Waals surface area contributed by atoms with Crippen molar-refractivity contribution in [1.29, 1.82) is 0 Å². The number of carbonyl (C=O) groups excluding carboxylic acids is 3. The lowest BCUT2D eigenvalue weighted by atomic mass is 9.93. The van der Waals surface area contributed by atoms with Crippen LogP contribution in [0.25, 0.3) is 0 Å². The van der Waals surface area contributed by atoms with E-state index in [0.29, 0.717) is 41.5 Å². The van der Waals surface area contributed by atoms with Gasteiger partial charge < -0.3 is 19.9 Å². The lowest BCUT2D eigenvalue weighted by molar-refractivity contribution is -0.153. The monoisotopic (exact) mass is 469 g/mol. The predicted octanol–water partition coefficient (Wildman–Crippen LogP) is 3.24. The summed E-state index contributed by atoms with van der Waals surface area (Å²) in [4.78, 5) is 41.1. The zero-order valence-corrected chi connectivity index (χ0v) is 19.8. The van der Waals surface area contributed by atoms with Crippen LogP contribution in [0, 0.1) is 0 Å².